The van der Waals surface area contributed by atoms with Gasteiger partial charge in [-0.1, -0.05) is 27.2 Å². The average molecular weight is 391 g/mol. The van der Waals surface area contributed by atoms with Gasteiger partial charge >= 0.3 is 0 Å². The molecule has 4 heteroatoms. The number of ether oxygens (including phenoxy) is 1. The van der Waals surface area contributed by atoms with Gasteiger partial charge in [-0.3, -0.25) is 4.79 Å². The number of carbonyl (C=O) groups excluding carboxylic acids is 1. The topological polar surface area (TPSA) is 26.3 Å². The molecule has 4 rings (SSSR count). The SMILES string of the molecule is COc1cc2c(cc1C1(C)SCCS1)C1(C)CCCC(C)(C)C1CC2=O. The number of Topliss-reactive ketones (excluding diaryl/α,β-unsaturated/α-hetero) is 1. The molecule has 0 spiro atoms. The van der Waals surface area contributed by atoms with Crippen molar-refractivity contribution in [1.29, 1.82) is 0 Å². The Morgan fingerprint density at radius 1 is 1.04 bits per heavy atom. The predicted molar refractivity (Wildman–Crippen MR) is 113 cm³/mol. The van der Waals surface area contributed by atoms with E-state index in [9.17, 15) is 4.79 Å². The molecule has 0 aromatic heterocycles. The lowest BCUT2D eigenvalue weighted by atomic mass is 9.50. The highest BCUT2D eigenvalue weighted by Crippen LogP contribution is 2.60. The van der Waals surface area contributed by atoms with Crippen molar-refractivity contribution in [2.75, 3.05) is 18.6 Å². The van der Waals surface area contributed by atoms with Gasteiger partial charge in [0.15, 0.2) is 5.78 Å². The number of carbonyl (C=O) groups is 1. The molecule has 0 N–H and O–H groups in total. The van der Waals surface area contributed by atoms with Gasteiger partial charge in [-0.15, -0.1) is 23.5 Å². The first kappa shape index (κ1) is 18.7. The van der Waals surface area contributed by atoms with Gasteiger partial charge in [0, 0.05) is 29.1 Å². The van der Waals surface area contributed by atoms with Gasteiger partial charge in [0.05, 0.1) is 11.2 Å². The van der Waals surface area contributed by atoms with Crippen LogP contribution in [-0.2, 0) is 9.49 Å². The van der Waals surface area contributed by atoms with Crippen molar-refractivity contribution in [1.82, 2.24) is 0 Å². The zero-order chi connectivity index (χ0) is 18.7. The second-order valence-electron chi connectivity index (χ2n) is 9.18. The molecule has 2 aliphatic carbocycles. The summed E-state index contributed by atoms with van der Waals surface area (Å²) in [6.07, 6.45) is 4.34. The summed E-state index contributed by atoms with van der Waals surface area (Å²) in [4.78, 5) is 13.1. The Labute approximate surface area is 166 Å². The third kappa shape index (κ3) is 2.66. The van der Waals surface area contributed by atoms with Crippen LogP contribution in [0.3, 0.4) is 0 Å². The Hall–Kier alpha value is -0.610. The molecular formula is C22H30O2S2. The molecule has 1 aromatic carbocycles. The molecule has 3 aliphatic rings. The van der Waals surface area contributed by atoms with Crippen LogP contribution in [0.4, 0.5) is 0 Å². The molecule has 2 nitrogen and oxygen atoms in total. The maximum atomic E-state index is 13.1. The summed E-state index contributed by atoms with van der Waals surface area (Å²) >= 11 is 4.01. The van der Waals surface area contributed by atoms with E-state index in [0.29, 0.717) is 18.1 Å². The maximum absolute atomic E-state index is 13.1. The number of rotatable bonds is 2. The van der Waals surface area contributed by atoms with Gasteiger partial charge in [0.25, 0.3) is 0 Å². The largest absolute Gasteiger partial charge is 0.496 e. The molecular weight excluding hydrogens is 360 g/mol. The molecule has 2 atom stereocenters. The molecule has 1 aromatic rings. The first-order valence-electron chi connectivity index (χ1n) is 9.75. The molecule has 2 fully saturated rings. The van der Waals surface area contributed by atoms with Gasteiger partial charge in [0.1, 0.15) is 5.75 Å². The molecule has 1 saturated heterocycles. The Bertz CT molecular complexity index is 749. The molecule has 1 saturated carbocycles. The quantitative estimate of drug-likeness (QED) is 0.617. The van der Waals surface area contributed by atoms with E-state index in [1.807, 2.05) is 23.5 Å². The highest BCUT2D eigenvalue weighted by atomic mass is 32.2. The summed E-state index contributed by atoms with van der Waals surface area (Å²) in [7, 11) is 1.74. The Morgan fingerprint density at radius 2 is 1.73 bits per heavy atom. The maximum Gasteiger partial charge on any atom is 0.163 e. The van der Waals surface area contributed by atoms with Crippen LogP contribution in [0.15, 0.2) is 12.1 Å². The monoisotopic (exact) mass is 390 g/mol. The lowest BCUT2D eigenvalue weighted by molar-refractivity contribution is 0.0367. The third-order valence-corrected chi connectivity index (χ3v) is 10.5. The van der Waals surface area contributed by atoms with E-state index in [2.05, 4.69) is 39.8 Å². The van der Waals surface area contributed by atoms with Crippen LogP contribution in [-0.4, -0.2) is 24.4 Å². The second-order valence-corrected chi connectivity index (χ2v) is 12.5. The fourth-order valence-electron chi connectivity index (χ4n) is 5.72. The van der Waals surface area contributed by atoms with Gasteiger partial charge in [0.2, 0.25) is 0 Å². The fourth-order valence-corrected chi connectivity index (χ4v) is 8.63. The third-order valence-electron chi connectivity index (χ3n) is 7.20. The minimum absolute atomic E-state index is 0.0247. The summed E-state index contributed by atoms with van der Waals surface area (Å²) in [5.41, 5.74) is 3.79. The van der Waals surface area contributed by atoms with Crippen molar-refractivity contribution in [2.24, 2.45) is 11.3 Å². The zero-order valence-corrected chi connectivity index (χ0v) is 18.2. The van der Waals surface area contributed by atoms with Crippen LogP contribution in [0.1, 0.15) is 74.9 Å². The molecule has 2 unspecified atom stereocenters. The molecule has 0 amide bonds. The minimum atomic E-state index is 0.0247. The summed E-state index contributed by atoms with van der Waals surface area (Å²) in [6, 6.07) is 4.41. The number of ketones is 1. The first-order valence-corrected chi connectivity index (χ1v) is 11.7. The number of methoxy groups -OCH3 is 1. The van der Waals surface area contributed by atoms with Crippen LogP contribution < -0.4 is 4.74 Å². The van der Waals surface area contributed by atoms with Crippen molar-refractivity contribution in [2.45, 2.75) is 62.9 Å². The summed E-state index contributed by atoms with van der Waals surface area (Å²) in [5.74, 6) is 3.97. The summed E-state index contributed by atoms with van der Waals surface area (Å²) in [5, 5.41) is 0. The van der Waals surface area contributed by atoms with Gasteiger partial charge in [-0.25, -0.2) is 0 Å². The lowest BCUT2D eigenvalue weighted by Gasteiger charge is -2.54. The van der Waals surface area contributed by atoms with E-state index in [0.717, 1.165) is 11.3 Å². The Kier molecular flexibility index (Phi) is 4.47. The van der Waals surface area contributed by atoms with Gasteiger partial charge < -0.3 is 4.74 Å². The molecule has 1 heterocycles. The lowest BCUT2D eigenvalue weighted by Crippen LogP contribution is -2.49. The molecule has 0 bridgehead atoms. The number of hydrogen-bond donors (Lipinski definition) is 0. The van der Waals surface area contributed by atoms with Crippen molar-refractivity contribution in [3.8, 4) is 5.75 Å². The number of thioether (sulfide) groups is 2. The van der Waals surface area contributed by atoms with Crippen molar-refractivity contribution < 1.29 is 9.53 Å². The average Bonchev–Trinajstić information content (AvgIpc) is 3.03. The first-order chi connectivity index (χ1) is 12.2. The van der Waals surface area contributed by atoms with Crippen molar-refractivity contribution in [3.05, 3.63) is 28.8 Å². The molecule has 1 aliphatic heterocycles. The van der Waals surface area contributed by atoms with Crippen LogP contribution in [0.25, 0.3) is 0 Å². The summed E-state index contributed by atoms with van der Waals surface area (Å²) in [6.45, 7) is 9.45. The molecule has 26 heavy (non-hydrogen) atoms. The fraction of sp³-hybridized carbons (Fsp3) is 0.682. The zero-order valence-electron chi connectivity index (χ0n) is 16.6. The van der Waals surface area contributed by atoms with Crippen molar-refractivity contribution >= 4 is 29.3 Å². The normalized spacial score (nSPS) is 32.0. The van der Waals surface area contributed by atoms with E-state index in [1.54, 1.807) is 7.11 Å². The van der Waals surface area contributed by atoms with E-state index in [-0.39, 0.29) is 14.9 Å². The minimum Gasteiger partial charge on any atom is -0.496 e. The molecule has 0 radical (unpaired) electrons. The van der Waals surface area contributed by atoms with Gasteiger partial charge in [-0.2, -0.15) is 0 Å². The smallest absolute Gasteiger partial charge is 0.163 e. The van der Waals surface area contributed by atoms with Crippen LogP contribution >= 0.6 is 23.5 Å². The molecule has 142 valence electrons. The van der Waals surface area contributed by atoms with E-state index < -0.39 is 0 Å². The Balaban J connectivity index is 1.92. The van der Waals surface area contributed by atoms with Crippen LogP contribution in [0.2, 0.25) is 0 Å². The Morgan fingerprint density at radius 3 is 2.38 bits per heavy atom. The predicted octanol–water partition coefficient (Wildman–Crippen LogP) is 6.02. The number of hydrogen-bond acceptors (Lipinski definition) is 4. The van der Waals surface area contributed by atoms with Crippen LogP contribution in [0.5, 0.6) is 5.75 Å². The van der Waals surface area contributed by atoms with E-state index in [1.165, 1.54) is 41.9 Å². The second kappa shape index (κ2) is 6.20. The number of fused-ring (bicyclic) bond motifs is 3. The highest BCUT2D eigenvalue weighted by molar-refractivity contribution is 8.20. The number of benzene rings is 1. The standard InChI is InChI=1S/C22H30O2S2/c1-20(2)7-6-8-21(3)15-12-16(22(4)25-9-10-26-22)18(24-5)11-14(15)17(23)13-19(20)21/h11-12,19H,6-10,13H2,1-5H3. The van der Waals surface area contributed by atoms with Gasteiger partial charge in [-0.05, 0) is 54.2 Å². The highest BCUT2D eigenvalue weighted by Gasteiger charge is 2.52. The summed E-state index contributed by atoms with van der Waals surface area (Å²) < 4.78 is 5.79. The van der Waals surface area contributed by atoms with E-state index >= 15 is 0 Å². The van der Waals surface area contributed by atoms with Crippen LogP contribution in [0, 0.1) is 11.3 Å². The van der Waals surface area contributed by atoms with E-state index in [4.69, 9.17) is 4.74 Å². The van der Waals surface area contributed by atoms with Crippen molar-refractivity contribution in [3.63, 3.8) is 0 Å².